The third-order valence-corrected chi connectivity index (χ3v) is 5.06. The molecule has 0 N–H and O–H groups in total. The van der Waals surface area contributed by atoms with E-state index in [9.17, 15) is 0 Å². The number of benzene rings is 1. The van der Waals surface area contributed by atoms with E-state index >= 15 is 0 Å². The van der Waals surface area contributed by atoms with Gasteiger partial charge in [0.2, 0.25) is 0 Å². The van der Waals surface area contributed by atoms with Crippen molar-refractivity contribution in [2.24, 2.45) is 11.8 Å². The molecule has 0 spiro atoms. The molecule has 0 radical (unpaired) electrons. The van der Waals surface area contributed by atoms with Crippen LogP contribution in [0.25, 0.3) is 10.9 Å². The summed E-state index contributed by atoms with van der Waals surface area (Å²) in [5.74, 6) is 2.66. The summed E-state index contributed by atoms with van der Waals surface area (Å²) in [7, 11) is 0. The van der Waals surface area contributed by atoms with Crippen LogP contribution in [-0.2, 0) is 0 Å². The van der Waals surface area contributed by atoms with Crippen LogP contribution in [-0.4, -0.2) is 4.98 Å². The van der Waals surface area contributed by atoms with Gasteiger partial charge in [0.05, 0.1) is 5.52 Å². The lowest BCUT2D eigenvalue weighted by Gasteiger charge is -2.22. The minimum Gasteiger partial charge on any atom is -0.253 e. The SMILES string of the molecule is Cc1cc(C2CC3CCC2C3)nc2ccccc12. The minimum atomic E-state index is 0.743. The highest BCUT2D eigenvalue weighted by Crippen LogP contribution is 2.52. The van der Waals surface area contributed by atoms with Crippen LogP contribution in [0.3, 0.4) is 0 Å². The molecule has 1 aromatic heterocycles. The van der Waals surface area contributed by atoms with Gasteiger partial charge in [-0.05, 0) is 55.7 Å². The van der Waals surface area contributed by atoms with Gasteiger partial charge in [0.15, 0.2) is 0 Å². The van der Waals surface area contributed by atoms with Crippen molar-refractivity contribution in [3.05, 3.63) is 41.6 Å². The fourth-order valence-corrected chi connectivity index (χ4v) is 4.17. The van der Waals surface area contributed by atoms with Gasteiger partial charge in [0.25, 0.3) is 0 Å². The molecule has 2 aliphatic carbocycles. The van der Waals surface area contributed by atoms with Crippen LogP contribution >= 0.6 is 0 Å². The standard InChI is InChI=1S/C17H19N/c1-11-8-17(15-10-12-6-7-13(15)9-12)18-16-5-3-2-4-14(11)16/h2-5,8,12-13,15H,6-7,9-10H2,1H3. The smallest absolute Gasteiger partial charge is 0.0708 e. The summed E-state index contributed by atoms with van der Waals surface area (Å²) in [5.41, 5.74) is 3.92. The molecular formula is C17H19N. The Hall–Kier alpha value is -1.37. The van der Waals surface area contributed by atoms with E-state index in [0.717, 1.165) is 17.8 Å². The predicted octanol–water partition coefficient (Wildman–Crippen LogP) is 4.45. The third-order valence-electron chi connectivity index (χ3n) is 5.06. The van der Waals surface area contributed by atoms with E-state index in [0.29, 0.717) is 0 Å². The molecule has 1 aromatic carbocycles. The molecule has 2 saturated carbocycles. The second-order valence-corrected chi connectivity index (χ2v) is 6.16. The molecule has 2 bridgehead atoms. The van der Waals surface area contributed by atoms with E-state index in [4.69, 9.17) is 4.98 Å². The van der Waals surface area contributed by atoms with Gasteiger partial charge in [-0.25, -0.2) is 0 Å². The van der Waals surface area contributed by atoms with Gasteiger partial charge in [-0.1, -0.05) is 24.6 Å². The number of pyridine rings is 1. The summed E-state index contributed by atoms with van der Waals surface area (Å²) in [4.78, 5) is 4.94. The van der Waals surface area contributed by atoms with Crippen molar-refractivity contribution >= 4 is 10.9 Å². The van der Waals surface area contributed by atoms with Gasteiger partial charge in [0.1, 0.15) is 0 Å². The number of rotatable bonds is 1. The highest BCUT2D eigenvalue weighted by molar-refractivity contribution is 5.82. The predicted molar refractivity (Wildman–Crippen MR) is 74.7 cm³/mol. The molecule has 4 rings (SSSR count). The Kier molecular flexibility index (Phi) is 2.23. The molecule has 1 heterocycles. The largest absolute Gasteiger partial charge is 0.253 e. The number of hydrogen-bond acceptors (Lipinski definition) is 1. The molecule has 0 amide bonds. The molecule has 1 heteroatoms. The molecule has 1 nitrogen and oxygen atoms in total. The number of aryl methyl sites for hydroxylation is 1. The highest BCUT2D eigenvalue weighted by atomic mass is 14.7. The van der Waals surface area contributed by atoms with Crippen LogP contribution in [0.5, 0.6) is 0 Å². The van der Waals surface area contributed by atoms with Crippen molar-refractivity contribution in [3.63, 3.8) is 0 Å². The molecule has 2 aliphatic rings. The summed E-state index contributed by atoms with van der Waals surface area (Å²) < 4.78 is 0. The van der Waals surface area contributed by atoms with Crippen molar-refractivity contribution < 1.29 is 0 Å². The van der Waals surface area contributed by atoms with Gasteiger partial charge < -0.3 is 0 Å². The zero-order valence-electron chi connectivity index (χ0n) is 10.9. The first-order chi connectivity index (χ1) is 8.81. The van der Waals surface area contributed by atoms with E-state index < -0.39 is 0 Å². The summed E-state index contributed by atoms with van der Waals surface area (Å²) in [6.07, 6.45) is 5.74. The van der Waals surface area contributed by atoms with Crippen LogP contribution in [0.4, 0.5) is 0 Å². The summed E-state index contributed by atoms with van der Waals surface area (Å²) in [5, 5.41) is 1.31. The number of fused-ring (bicyclic) bond motifs is 3. The van der Waals surface area contributed by atoms with Crippen LogP contribution in [0, 0.1) is 18.8 Å². The Bertz CT molecular complexity index is 602. The second kappa shape index (κ2) is 3.81. The lowest BCUT2D eigenvalue weighted by Crippen LogP contribution is -2.10. The average Bonchev–Trinajstić information content (AvgIpc) is 3.01. The van der Waals surface area contributed by atoms with Crippen molar-refractivity contribution in [1.29, 1.82) is 0 Å². The minimum absolute atomic E-state index is 0.743. The Balaban J connectivity index is 1.81. The number of hydrogen-bond donors (Lipinski definition) is 0. The molecule has 3 unspecified atom stereocenters. The van der Waals surface area contributed by atoms with Gasteiger partial charge >= 0.3 is 0 Å². The van der Waals surface area contributed by atoms with Gasteiger partial charge in [-0.3, -0.25) is 4.98 Å². The topological polar surface area (TPSA) is 12.9 Å². The van der Waals surface area contributed by atoms with Gasteiger partial charge in [-0.2, -0.15) is 0 Å². The van der Waals surface area contributed by atoms with Gasteiger partial charge in [-0.15, -0.1) is 0 Å². The molecule has 3 atom stereocenters. The molecular weight excluding hydrogens is 218 g/mol. The Morgan fingerprint density at radius 3 is 2.78 bits per heavy atom. The quantitative estimate of drug-likeness (QED) is 0.714. The van der Waals surface area contributed by atoms with Crippen molar-refractivity contribution in [2.75, 3.05) is 0 Å². The third kappa shape index (κ3) is 1.50. The van der Waals surface area contributed by atoms with Crippen molar-refractivity contribution in [3.8, 4) is 0 Å². The average molecular weight is 237 g/mol. The monoisotopic (exact) mass is 237 g/mol. The maximum absolute atomic E-state index is 4.94. The Morgan fingerprint density at radius 2 is 2.00 bits per heavy atom. The van der Waals surface area contributed by atoms with Crippen molar-refractivity contribution in [1.82, 2.24) is 4.98 Å². The number of nitrogens with zero attached hydrogens (tertiary/aromatic N) is 1. The van der Waals surface area contributed by atoms with E-state index in [1.807, 2.05) is 0 Å². The van der Waals surface area contributed by atoms with Crippen LogP contribution in [0.15, 0.2) is 30.3 Å². The fraction of sp³-hybridized carbons (Fsp3) is 0.471. The maximum Gasteiger partial charge on any atom is 0.0708 e. The summed E-state index contributed by atoms with van der Waals surface area (Å²) in [6.45, 7) is 2.22. The molecule has 18 heavy (non-hydrogen) atoms. The lowest BCUT2D eigenvalue weighted by atomic mass is 9.85. The molecule has 92 valence electrons. The van der Waals surface area contributed by atoms with Crippen LogP contribution < -0.4 is 0 Å². The lowest BCUT2D eigenvalue weighted by molar-refractivity contribution is 0.414. The van der Waals surface area contributed by atoms with Crippen LogP contribution in [0.1, 0.15) is 42.9 Å². The van der Waals surface area contributed by atoms with E-state index in [-0.39, 0.29) is 0 Å². The fourth-order valence-electron chi connectivity index (χ4n) is 4.17. The Morgan fingerprint density at radius 1 is 1.11 bits per heavy atom. The summed E-state index contributed by atoms with van der Waals surface area (Å²) >= 11 is 0. The molecule has 0 aliphatic heterocycles. The molecule has 0 saturated heterocycles. The Labute approximate surface area is 108 Å². The number of para-hydroxylation sites is 1. The first-order valence-electron chi connectivity index (χ1n) is 7.17. The maximum atomic E-state index is 4.94. The van der Waals surface area contributed by atoms with Crippen LogP contribution in [0.2, 0.25) is 0 Å². The zero-order chi connectivity index (χ0) is 12.1. The number of aromatic nitrogens is 1. The van der Waals surface area contributed by atoms with Crippen molar-refractivity contribution in [2.45, 2.75) is 38.5 Å². The normalized spacial score (nSPS) is 30.2. The second-order valence-electron chi connectivity index (χ2n) is 6.16. The summed E-state index contributed by atoms with van der Waals surface area (Å²) in [6, 6.07) is 10.9. The van der Waals surface area contributed by atoms with E-state index in [1.54, 1.807) is 0 Å². The molecule has 2 fully saturated rings. The zero-order valence-corrected chi connectivity index (χ0v) is 10.9. The molecule has 2 aromatic rings. The van der Waals surface area contributed by atoms with E-state index in [2.05, 4.69) is 37.3 Å². The van der Waals surface area contributed by atoms with Gasteiger partial charge in [0, 0.05) is 17.0 Å². The first kappa shape index (κ1) is 10.5. The van der Waals surface area contributed by atoms with E-state index in [1.165, 1.54) is 47.8 Å². The first-order valence-corrected chi connectivity index (χ1v) is 7.17. The highest BCUT2D eigenvalue weighted by Gasteiger charge is 2.40.